The number of anilines is 1. The van der Waals surface area contributed by atoms with Gasteiger partial charge in [0.05, 0.1) is 10.6 Å². The molecule has 144 valence electrons. The van der Waals surface area contributed by atoms with Crippen molar-refractivity contribution < 1.29 is 13.2 Å². The Labute approximate surface area is 159 Å². The number of carbonyl (C=O) groups excluding carboxylic acids is 1. The van der Waals surface area contributed by atoms with E-state index in [1.807, 2.05) is 6.92 Å². The zero-order valence-corrected chi connectivity index (χ0v) is 16.2. The number of hydrogen-bond donors (Lipinski definition) is 2. The van der Waals surface area contributed by atoms with E-state index in [1.165, 1.54) is 0 Å². The highest BCUT2D eigenvalue weighted by molar-refractivity contribution is 7.89. The van der Waals surface area contributed by atoms with Crippen molar-refractivity contribution in [2.24, 2.45) is 0 Å². The monoisotopic (exact) mass is 388 g/mol. The van der Waals surface area contributed by atoms with E-state index in [0.717, 1.165) is 37.3 Å². The number of carbonyl (C=O) groups is 1. The van der Waals surface area contributed by atoms with Crippen molar-refractivity contribution in [3.8, 4) is 0 Å². The average Bonchev–Trinajstić information content (AvgIpc) is 2.96. The number of hydrogen-bond acceptors (Lipinski definition) is 5. The molecule has 2 heterocycles. The van der Waals surface area contributed by atoms with Gasteiger partial charge in [0, 0.05) is 62.1 Å². The van der Waals surface area contributed by atoms with Gasteiger partial charge in [-0.25, -0.2) is 13.1 Å². The first-order chi connectivity index (χ1) is 13.0. The van der Waals surface area contributed by atoms with E-state index in [1.54, 1.807) is 35.2 Å². The Balaban J connectivity index is 1.62. The summed E-state index contributed by atoms with van der Waals surface area (Å²) in [6, 6.07) is 8.64. The van der Waals surface area contributed by atoms with Crippen molar-refractivity contribution in [2.75, 3.05) is 50.7 Å². The molecule has 4 rings (SSSR count). The van der Waals surface area contributed by atoms with Gasteiger partial charge >= 0.3 is 0 Å². The summed E-state index contributed by atoms with van der Waals surface area (Å²) < 4.78 is 28.6. The molecule has 2 aliphatic heterocycles. The van der Waals surface area contributed by atoms with Gasteiger partial charge in [0.1, 0.15) is 0 Å². The third-order valence-electron chi connectivity index (χ3n) is 5.28. The molecular weight excluding hydrogens is 364 g/mol. The van der Waals surface area contributed by atoms with E-state index >= 15 is 0 Å². The lowest BCUT2D eigenvalue weighted by molar-refractivity contribution is 0.0994. The average molecular weight is 388 g/mol. The maximum absolute atomic E-state index is 12.9. The minimum Gasteiger partial charge on any atom is -0.314 e. The van der Waals surface area contributed by atoms with Gasteiger partial charge in [-0.05, 0) is 25.1 Å². The minimum absolute atomic E-state index is 0.0701. The largest absolute Gasteiger partial charge is 0.314 e. The molecule has 0 aromatic heterocycles. The van der Waals surface area contributed by atoms with Crippen molar-refractivity contribution in [1.82, 2.24) is 14.9 Å². The number of piperazine rings is 1. The summed E-state index contributed by atoms with van der Waals surface area (Å²) in [6.45, 7) is 7.24. The third-order valence-corrected chi connectivity index (χ3v) is 6.80. The van der Waals surface area contributed by atoms with E-state index in [-0.39, 0.29) is 10.8 Å². The number of amides is 1. The lowest BCUT2D eigenvalue weighted by atomic mass is 10.1. The van der Waals surface area contributed by atoms with E-state index in [2.05, 4.69) is 14.9 Å². The van der Waals surface area contributed by atoms with Crippen LogP contribution in [0.25, 0.3) is 10.8 Å². The minimum atomic E-state index is -3.66. The lowest BCUT2D eigenvalue weighted by Crippen LogP contribution is -2.46. The molecule has 0 unspecified atom stereocenters. The first-order valence-electron chi connectivity index (χ1n) is 9.33. The number of rotatable bonds is 6. The summed E-state index contributed by atoms with van der Waals surface area (Å²) in [4.78, 5) is 16.7. The lowest BCUT2D eigenvalue weighted by Gasteiger charge is -2.27. The Bertz CT molecular complexity index is 984. The van der Waals surface area contributed by atoms with Gasteiger partial charge in [-0.2, -0.15) is 0 Å². The molecule has 27 heavy (non-hydrogen) atoms. The fourth-order valence-electron chi connectivity index (χ4n) is 3.92. The first-order valence-corrected chi connectivity index (χ1v) is 10.8. The van der Waals surface area contributed by atoms with E-state index in [0.29, 0.717) is 30.6 Å². The summed E-state index contributed by atoms with van der Waals surface area (Å²) in [5.41, 5.74) is 1.36. The van der Waals surface area contributed by atoms with Crippen LogP contribution in [-0.2, 0) is 10.0 Å². The Morgan fingerprint density at radius 2 is 1.93 bits per heavy atom. The number of sulfonamides is 1. The highest BCUT2D eigenvalue weighted by atomic mass is 32.2. The molecule has 2 N–H and O–H groups in total. The summed E-state index contributed by atoms with van der Waals surface area (Å²) in [5, 5.41) is 4.62. The van der Waals surface area contributed by atoms with Gasteiger partial charge in [0.15, 0.2) is 0 Å². The van der Waals surface area contributed by atoms with Crippen LogP contribution in [0, 0.1) is 0 Å². The van der Waals surface area contributed by atoms with Crippen LogP contribution in [0.3, 0.4) is 0 Å². The van der Waals surface area contributed by atoms with Crippen molar-refractivity contribution in [3.63, 3.8) is 0 Å². The van der Waals surface area contributed by atoms with Gasteiger partial charge in [-0.15, -0.1) is 0 Å². The molecule has 1 saturated heterocycles. The molecule has 2 aromatic carbocycles. The van der Waals surface area contributed by atoms with Crippen molar-refractivity contribution in [3.05, 3.63) is 35.9 Å². The Morgan fingerprint density at radius 3 is 2.67 bits per heavy atom. The zero-order valence-electron chi connectivity index (χ0n) is 15.4. The highest BCUT2D eigenvalue weighted by Gasteiger charge is 2.31. The normalized spacial score (nSPS) is 17.8. The van der Waals surface area contributed by atoms with Gasteiger partial charge in [-0.1, -0.05) is 12.1 Å². The van der Waals surface area contributed by atoms with Crippen LogP contribution in [0.5, 0.6) is 0 Å². The number of nitrogens with one attached hydrogen (secondary N) is 2. The third kappa shape index (κ3) is 3.23. The van der Waals surface area contributed by atoms with Crippen LogP contribution in [0.1, 0.15) is 17.3 Å². The molecule has 0 radical (unpaired) electrons. The van der Waals surface area contributed by atoms with Crippen LogP contribution in [0.2, 0.25) is 0 Å². The Kier molecular flexibility index (Phi) is 4.90. The first kappa shape index (κ1) is 18.4. The summed E-state index contributed by atoms with van der Waals surface area (Å²) in [6.07, 6.45) is 0. The van der Waals surface area contributed by atoms with Crippen molar-refractivity contribution >= 4 is 32.4 Å². The predicted molar refractivity (Wildman–Crippen MR) is 106 cm³/mol. The molecular formula is C19H24N4O3S. The van der Waals surface area contributed by atoms with Gasteiger partial charge < -0.3 is 10.2 Å². The Hall–Kier alpha value is -2.00. The molecule has 0 aliphatic carbocycles. The fourth-order valence-corrected chi connectivity index (χ4v) is 5.14. The second-order valence-electron chi connectivity index (χ2n) is 6.85. The summed E-state index contributed by atoms with van der Waals surface area (Å²) >= 11 is 0. The van der Waals surface area contributed by atoms with Crippen LogP contribution >= 0.6 is 0 Å². The number of benzene rings is 2. The van der Waals surface area contributed by atoms with Crippen LogP contribution < -0.4 is 14.9 Å². The van der Waals surface area contributed by atoms with Crippen LogP contribution in [0.4, 0.5) is 5.69 Å². The fraction of sp³-hybridized carbons (Fsp3) is 0.421. The highest BCUT2D eigenvalue weighted by Crippen LogP contribution is 2.39. The topological polar surface area (TPSA) is 81.8 Å². The molecule has 1 fully saturated rings. The maximum Gasteiger partial charge on any atom is 0.258 e. The van der Waals surface area contributed by atoms with E-state index in [4.69, 9.17) is 0 Å². The zero-order chi connectivity index (χ0) is 19.0. The molecule has 1 amide bonds. The van der Waals surface area contributed by atoms with Gasteiger partial charge in [0.25, 0.3) is 5.91 Å². The maximum atomic E-state index is 12.9. The molecule has 7 nitrogen and oxygen atoms in total. The second-order valence-corrected chi connectivity index (χ2v) is 8.59. The van der Waals surface area contributed by atoms with Crippen molar-refractivity contribution in [1.29, 1.82) is 0 Å². The standard InChI is InChI=1S/C19H24N4O3S/c1-2-23-16-6-7-17(14-4-3-5-15(18(14)16)19(23)24)27(25,26)21-10-13-22-11-8-20-9-12-22/h3-7,20-21H,2,8-13H2,1H3. The van der Waals surface area contributed by atoms with Gasteiger partial charge in [0.2, 0.25) is 10.0 Å². The number of nitrogens with zero attached hydrogens (tertiary/aromatic N) is 2. The molecule has 0 atom stereocenters. The molecule has 8 heteroatoms. The van der Waals surface area contributed by atoms with E-state index in [9.17, 15) is 13.2 Å². The molecule has 0 spiro atoms. The van der Waals surface area contributed by atoms with Gasteiger partial charge in [-0.3, -0.25) is 9.69 Å². The summed E-state index contributed by atoms with van der Waals surface area (Å²) in [7, 11) is -3.66. The smallest absolute Gasteiger partial charge is 0.258 e. The molecule has 0 saturated carbocycles. The quantitative estimate of drug-likeness (QED) is 0.772. The predicted octanol–water partition coefficient (Wildman–Crippen LogP) is 1.00. The molecule has 2 aliphatic rings. The van der Waals surface area contributed by atoms with E-state index < -0.39 is 10.0 Å². The molecule has 2 aromatic rings. The Morgan fingerprint density at radius 1 is 1.15 bits per heavy atom. The molecule has 0 bridgehead atoms. The summed E-state index contributed by atoms with van der Waals surface area (Å²) in [5.74, 6) is -0.0701. The second kappa shape index (κ2) is 7.20. The SMILES string of the molecule is CCN1C(=O)c2cccc3c(S(=O)(=O)NCCN4CCNCC4)ccc1c23. The van der Waals surface area contributed by atoms with Crippen LogP contribution in [0.15, 0.2) is 35.2 Å². The van der Waals surface area contributed by atoms with Crippen molar-refractivity contribution in [2.45, 2.75) is 11.8 Å². The van der Waals surface area contributed by atoms with Crippen LogP contribution in [-0.4, -0.2) is 65.0 Å².